The molecule has 0 amide bonds. The average molecular weight is 286 g/mol. The van der Waals surface area contributed by atoms with Crippen molar-refractivity contribution in [3.05, 3.63) is 39.5 Å². The minimum Gasteiger partial charge on any atom is -0.323 e. The second-order valence-electron chi connectivity index (χ2n) is 4.54. The van der Waals surface area contributed by atoms with Gasteiger partial charge >= 0.3 is 0 Å². The molecule has 0 saturated carbocycles. The second-order valence-corrected chi connectivity index (χ2v) is 5.62. The summed E-state index contributed by atoms with van der Waals surface area (Å²) in [7, 11) is 1.85. The van der Waals surface area contributed by atoms with Crippen molar-refractivity contribution < 1.29 is 0 Å². The molecule has 0 bridgehead atoms. The summed E-state index contributed by atoms with van der Waals surface area (Å²) in [6.07, 6.45) is 4.11. The third-order valence-electron chi connectivity index (χ3n) is 3.28. The zero-order chi connectivity index (χ0) is 13.7. The minimum atomic E-state index is -0.190. The molecule has 0 aromatic carbocycles. The average Bonchev–Trinajstić information content (AvgIpc) is 3.11. The molecule has 2 N–H and O–H groups in total. The maximum atomic E-state index is 11.8. The lowest BCUT2D eigenvalue weighted by atomic mass is 10.3. The first-order valence-electron chi connectivity index (χ1n) is 6.04. The molecule has 0 spiro atoms. The highest BCUT2D eigenvalue weighted by molar-refractivity contribution is 7.19. The van der Waals surface area contributed by atoms with Gasteiger partial charge in [0.15, 0.2) is 5.65 Å². The number of hydrogen-bond acceptors (Lipinski definition) is 5. The van der Waals surface area contributed by atoms with Gasteiger partial charge in [0.1, 0.15) is 10.5 Å². The standard InChI is InChI=1S/C12H10N6OS/c1-18-9-7(5-14-17-12(9)19)10-11(18)15-8(20-10)4-6-2-3-13-16-6/h2-3,5H,4H2,1H3,(H,13,16)(H,17,19). The van der Waals surface area contributed by atoms with Crippen LogP contribution >= 0.6 is 11.3 Å². The predicted molar refractivity (Wildman–Crippen MR) is 75.9 cm³/mol. The Hall–Kier alpha value is -2.48. The molecule has 20 heavy (non-hydrogen) atoms. The van der Waals surface area contributed by atoms with Gasteiger partial charge in [-0.15, -0.1) is 11.3 Å². The van der Waals surface area contributed by atoms with E-state index in [0.717, 1.165) is 26.4 Å². The topological polar surface area (TPSA) is 92.2 Å². The number of aromatic nitrogens is 6. The summed E-state index contributed by atoms with van der Waals surface area (Å²) >= 11 is 1.58. The second kappa shape index (κ2) is 4.01. The van der Waals surface area contributed by atoms with E-state index in [1.54, 1.807) is 23.7 Å². The highest BCUT2D eigenvalue weighted by atomic mass is 32.1. The zero-order valence-electron chi connectivity index (χ0n) is 10.5. The van der Waals surface area contributed by atoms with Crippen molar-refractivity contribution in [1.29, 1.82) is 0 Å². The van der Waals surface area contributed by atoms with Gasteiger partial charge in [-0.25, -0.2) is 10.1 Å². The highest BCUT2D eigenvalue weighted by Crippen LogP contribution is 2.31. The van der Waals surface area contributed by atoms with Crippen LogP contribution in [0.25, 0.3) is 21.3 Å². The quantitative estimate of drug-likeness (QED) is 0.579. The van der Waals surface area contributed by atoms with Gasteiger partial charge in [-0.3, -0.25) is 9.89 Å². The number of aryl methyl sites for hydroxylation is 1. The Morgan fingerprint density at radius 1 is 1.35 bits per heavy atom. The first kappa shape index (κ1) is 11.4. The van der Waals surface area contributed by atoms with E-state index in [9.17, 15) is 4.79 Å². The van der Waals surface area contributed by atoms with E-state index in [0.29, 0.717) is 11.9 Å². The van der Waals surface area contributed by atoms with E-state index in [1.165, 1.54) is 0 Å². The normalized spacial score (nSPS) is 11.7. The molecule has 0 aliphatic heterocycles. The Kier molecular flexibility index (Phi) is 2.27. The molecule has 0 atom stereocenters. The van der Waals surface area contributed by atoms with Crippen molar-refractivity contribution in [3.63, 3.8) is 0 Å². The summed E-state index contributed by atoms with van der Waals surface area (Å²) < 4.78 is 2.81. The SMILES string of the molecule is Cn1c2nc(Cc3ccn[nH]3)sc2c2cn[nH]c(=O)c21. The van der Waals surface area contributed by atoms with Gasteiger partial charge in [0, 0.05) is 30.7 Å². The Labute approximate surface area is 116 Å². The van der Waals surface area contributed by atoms with Crippen LogP contribution < -0.4 is 5.56 Å². The molecule has 0 aliphatic carbocycles. The van der Waals surface area contributed by atoms with Crippen molar-refractivity contribution in [3.8, 4) is 0 Å². The summed E-state index contributed by atoms with van der Waals surface area (Å²) in [6.45, 7) is 0. The smallest absolute Gasteiger partial charge is 0.288 e. The molecule has 7 nitrogen and oxygen atoms in total. The molecule has 0 saturated heterocycles. The van der Waals surface area contributed by atoms with E-state index in [4.69, 9.17) is 0 Å². The van der Waals surface area contributed by atoms with E-state index >= 15 is 0 Å². The van der Waals surface area contributed by atoms with Crippen LogP contribution in [-0.2, 0) is 13.5 Å². The Morgan fingerprint density at radius 2 is 2.25 bits per heavy atom. The fourth-order valence-corrected chi connectivity index (χ4v) is 3.51. The monoisotopic (exact) mass is 286 g/mol. The summed E-state index contributed by atoms with van der Waals surface area (Å²) in [5.74, 6) is 0. The van der Waals surface area contributed by atoms with Crippen LogP contribution in [0.3, 0.4) is 0 Å². The van der Waals surface area contributed by atoms with Crippen LogP contribution in [0.1, 0.15) is 10.7 Å². The largest absolute Gasteiger partial charge is 0.323 e. The van der Waals surface area contributed by atoms with Crippen LogP contribution in [0.5, 0.6) is 0 Å². The summed E-state index contributed by atoms with van der Waals surface area (Å²) in [4.78, 5) is 16.5. The maximum absolute atomic E-state index is 11.8. The first-order valence-corrected chi connectivity index (χ1v) is 6.85. The molecule has 4 aromatic heterocycles. The van der Waals surface area contributed by atoms with Gasteiger partial charge in [-0.2, -0.15) is 10.2 Å². The third-order valence-corrected chi connectivity index (χ3v) is 4.36. The predicted octanol–water partition coefficient (Wildman–Crippen LogP) is 1.19. The number of H-pyrrole nitrogens is 2. The number of fused-ring (bicyclic) bond motifs is 3. The Morgan fingerprint density at radius 3 is 3.05 bits per heavy atom. The maximum Gasteiger partial charge on any atom is 0.288 e. The van der Waals surface area contributed by atoms with E-state index in [2.05, 4.69) is 25.4 Å². The van der Waals surface area contributed by atoms with Gasteiger partial charge in [0.2, 0.25) is 0 Å². The molecule has 4 aromatic rings. The lowest BCUT2D eigenvalue weighted by molar-refractivity contribution is 0.939. The molecule has 0 radical (unpaired) electrons. The Bertz CT molecular complexity index is 961. The van der Waals surface area contributed by atoms with Crippen LogP contribution in [0.4, 0.5) is 0 Å². The summed E-state index contributed by atoms with van der Waals surface area (Å²) in [5.41, 5.74) is 2.26. The van der Waals surface area contributed by atoms with Crippen molar-refractivity contribution in [1.82, 2.24) is 29.9 Å². The number of hydrogen-bond donors (Lipinski definition) is 2. The number of rotatable bonds is 2. The number of thiazole rings is 1. The van der Waals surface area contributed by atoms with Crippen LogP contribution in [-0.4, -0.2) is 29.9 Å². The van der Waals surface area contributed by atoms with Crippen LogP contribution in [0.15, 0.2) is 23.3 Å². The molecule has 8 heteroatoms. The highest BCUT2D eigenvalue weighted by Gasteiger charge is 2.16. The summed E-state index contributed by atoms with van der Waals surface area (Å²) in [5, 5.41) is 15.0. The molecule has 4 heterocycles. The van der Waals surface area contributed by atoms with E-state index < -0.39 is 0 Å². The van der Waals surface area contributed by atoms with E-state index in [-0.39, 0.29) is 5.56 Å². The fraction of sp³-hybridized carbons (Fsp3) is 0.167. The lowest BCUT2D eigenvalue weighted by Crippen LogP contribution is -2.10. The number of aromatic amines is 2. The Balaban J connectivity index is 1.94. The third kappa shape index (κ3) is 1.51. The lowest BCUT2D eigenvalue weighted by Gasteiger charge is -1.95. The zero-order valence-corrected chi connectivity index (χ0v) is 11.4. The molecule has 0 unspecified atom stereocenters. The van der Waals surface area contributed by atoms with Crippen molar-refractivity contribution in [2.45, 2.75) is 6.42 Å². The molecule has 0 aliphatic rings. The van der Waals surface area contributed by atoms with Crippen LogP contribution in [0, 0.1) is 0 Å². The van der Waals surface area contributed by atoms with Gasteiger partial charge in [-0.1, -0.05) is 0 Å². The molecular weight excluding hydrogens is 276 g/mol. The van der Waals surface area contributed by atoms with Crippen molar-refractivity contribution in [2.75, 3.05) is 0 Å². The van der Waals surface area contributed by atoms with Crippen LogP contribution in [0.2, 0.25) is 0 Å². The van der Waals surface area contributed by atoms with Gasteiger partial charge in [0.05, 0.1) is 10.9 Å². The molecular formula is C12H10N6OS. The minimum absolute atomic E-state index is 0.190. The van der Waals surface area contributed by atoms with E-state index in [1.807, 2.05) is 17.7 Å². The van der Waals surface area contributed by atoms with Gasteiger partial charge in [0.25, 0.3) is 5.56 Å². The van der Waals surface area contributed by atoms with Gasteiger partial charge < -0.3 is 4.57 Å². The van der Waals surface area contributed by atoms with Crippen molar-refractivity contribution in [2.24, 2.45) is 7.05 Å². The van der Waals surface area contributed by atoms with Gasteiger partial charge in [-0.05, 0) is 6.07 Å². The fourth-order valence-electron chi connectivity index (χ4n) is 2.38. The number of nitrogens with zero attached hydrogens (tertiary/aromatic N) is 4. The molecule has 0 fully saturated rings. The number of nitrogens with one attached hydrogen (secondary N) is 2. The summed E-state index contributed by atoms with van der Waals surface area (Å²) in [6, 6.07) is 1.93. The molecule has 4 rings (SSSR count). The molecule has 100 valence electrons. The first-order chi connectivity index (χ1) is 9.74. The van der Waals surface area contributed by atoms with Crippen molar-refractivity contribution >= 4 is 32.6 Å².